The summed E-state index contributed by atoms with van der Waals surface area (Å²) in [5, 5.41) is 2.51. The Morgan fingerprint density at radius 3 is 1.60 bits per heavy atom. The third-order valence-corrected chi connectivity index (χ3v) is 14.9. The molecule has 0 N–H and O–H groups in total. The second-order valence-corrected chi connectivity index (χ2v) is 19.0. The molecule has 2 nitrogen and oxygen atoms in total. The molecule has 0 fully saturated rings. The summed E-state index contributed by atoms with van der Waals surface area (Å²) in [4.78, 5) is 2.48. The summed E-state index contributed by atoms with van der Waals surface area (Å²) in [7, 11) is 0. The normalized spacial score (nSPS) is 15.3. The van der Waals surface area contributed by atoms with Crippen LogP contribution in [-0.4, -0.2) is 4.57 Å². The van der Waals surface area contributed by atoms with Gasteiger partial charge in [0.1, 0.15) is 0 Å². The van der Waals surface area contributed by atoms with Crippen molar-refractivity contribution >= 4 is 38.9 Å². The lowest BCUT2D eigenvalue weighted by molar-refractivity contribution is 0.660. The van der Waals surface area contributed by atoms with Crippen LogP contribution >= 0.6 is 0 Å². The van der Waals surface area contributed by atoms with Gasteiger partial charge in [0.2, 0.25) is 0 Å². The molecule has 2 aliphatic rings. The molecule has 11 aromatic rings. The maximum atomic E-state index is 2.50. The SMILES string of the molecule is Cc1cccc(N(c2ccc3c(c2)C(C)(C)c2ccccc2-3)c2ccc3c(c2)C(c2ccc(-c4ccccc4)cc2)(c2cccc(-n4c5ccccc5c5ccccc54)c2)c2ccccc2-3)c1. The molecule has 318 valence electrons. The van der Waals surface area contributed by atoms with Gasteiger partial charge in [-0.3, -0.25) is 0 Å². The van der Waals surface area contributed by atoms with Crippen LogP contribution in [-0.2, 0) is 10.8 Å². The van der Waals surface area contributed by atoms with Crippen molar-refractivity contribution in [1.82, 2.24) is 4.57 Å². The third-order valence-electron chi connectivity index (χ3n) is 14.9. The van der Waals surface area contributed by atoms with Crippen LogP contribution in [0.5, 0.6) is 0 Å². The van der Waals surface area contributed by atoms with Gasteiger partial charge in [-0.25, -0.2) is 0 Å². The number of aryl methyl sites for hydroxylation is 1. The number of rotatable bonds is 7. The molecule has 0 spiro atoms. The maximum Gasteiger partial charge on any atom is 0.0715 e. The Balaban J connectivity index is 1.07. The number of nitrogens with zero attached hydrogens (tertiary/aromatic N) is 2. The van der Waals surface area contributed by atoms with Crippen LogP contribution in [0.2, 0.25) is 0 Å². The summed E-state index contributed by atoms with van der Waals surface area (Å²) in [5.74, 6) is 0. The summed E-state index contributed by atoms with van der Waals surface area (Å²) in [5.41, 5.74) is 22.7. The largest absolute Gasteiger partial charge is 0.310 e. The van der Waals surface area contributed by atoms with Gasteiger partial charge in [0.15, 0.2) is 0 Å². The Labute approximate surface area is 392 Å². The number of aromatic nitrogens is 1. The van der Waals surface area contributed by atoms with Crippen molar-refractivity contribution in [2.45, 2.75) is 31.6 Å². The van der Waals surface area contributed by atoms with Gasteiger partial charge in [-0.15, -0.1) is 0 Å². The molecule has 2 aliphatic carbocycles. The van der Waals surface area contributed by atoms with Crippen molar-refractivity contribution in [1.29, 1.82) is 0 Å². The molecule has 2 heteroatoms. The molecule has 0 aliphatic heterocycles. The highest BCUT2D eigenvalue weighted by Crippen LogP contribution is 2.58. The first-order valence-electron chi connectivity index (χ1n) is 23.5. The van der Waals surface area contributed by atoms with E-state index in [-0.39, 0.29) is 5.41 Å². The summed E-state index contributed by atoms with van der Waals surface area (Å²) >= 11 is 0. The first-order chi connectivity index (χ1) is 32.9. The molecule has 1 unspecified atom stereocenters. The minimum atomic E-state index is -0.661. The molecule has 1 aromatic heterocycles. The second kappa shape index (κ2) is 14.9. The van der Waals surface area contributed by atoms with E-state index >= 15 is 0 Å². The van der Waals surface area contributed by atoms with Crippen molar-refractivity contribution in [3.05, 3.63) is 276 Å². The second-order valence-electron chi connectivity index (χ2n) is 19.0. The molecule has 1 heterocycles. The van der Waals surface area contributed by atoms with Crippen molar-refractivity contribution < 1.29 is 0 Å². The number of benzene rings is 10. The Morgan fingerprint density at radius 1 is 0.358 bits per heavy atom. The van der Waals surface area contributed by atoms with Gasteiger partial charge >= 0.3 is 0 Å². The molecule has 10 aromatic carbocycles. The smallest absolute Gasteiger partial charge is 0.0715 e. The maximum absolute atomic E-state index is 2.50. The van der Waals surface area contributed by atoms with E-state index in [1.54, 1.807) is 0 Å². The Kier molecular flexibility index (Phi) is 8.73. The zero-order valence-electron chi connectivity index (χ0n) is 37.9. The fourth-order valence-corrected chi connectivity index (χ4v) is 11.9. The molecule has 1 atom stereocenters. The molecule has 0 saturated carbocycles. The van der Waals surface area contributed by atoms with Gasteiger partial charge in [0, 0.05) is 38.9 Å². The van der Waals surface area contributed by atoms with E-state index in [1.807, 2.05) is 0 Å². The van der Waals surface area contributed by atoms with Crippen molar-refractivity contribution in [2.24, 2.45) is 0 Å². The summed E-state index contributed by atoms with van der Waals surface area (Å²) in [6.07, 6.45) is 0. The Hall–Kier alpha value is -8.20. The van der Waals surface area contributed by atoms with Crippen molar-refractivity contribution in [3.8, 4) is 39.1 Å². The first-order valence-corrected chi connectivity index (χ1v) is 23.5. The fraction of sp³-hybridized carbons (Fsp3) is 0.0769. The predicted octanol–water partition coefficient (Wildman–Crippen LogP) is 16.9. The molecular formula is C65H48N2. The van der Waals surface area contributed by atoms with Crippen LogP contribution in [0.1, 0.15) is 52.8 Å². The van der Waals surface area contributed by atoms with Gasteiger partial charge in [0.25, 0.3) is 0 Å². The number of para-hydroxylation sites is 2. The van der Waals surface area contributed by atoms with E-state index in [2.05, 4.69) is 267 Å². The van der Waals surface area contributed by atoms with Crippen LogP contribution in [0, 0.1) is 6.92 Å². The van der Waals surface area contributed by atoms with Crippen LogP contribution in [0.15, 0.2) is 237 Å². The zero-order chi connectivity index (χ0) is 44.9. The van der Waals surface area contributed by atoms with E-state index in [9.17, 15) is 0 Å². The highest BCUT2D eigenvalue weighted by atomic mass is 15.1. The quantitative estimate of drug-likeness (QED) is 0.155. The van der Waals surface area contributed by atoms with Crippen LogP contribution in [0.3, 0.4) is 0 Å². The minimum Gasteiger partial charge on any atom is -0.310 e. The number of hydrogen-bond acceptors (Lipinski definition) is 1. The lowest BCUT2D eigenvalue weighted by Crippen LogP contribution is -2.29. The standard InChI is InChI=1S/C65H48N2/c1-43-17-15-21-48(39-43)66(50-35-37-54-52-23-7-11-27-58(52)64(2,3)60(54)41-50)51-36-38-55-53-24-8-12-28-59(53)65(61(55)42-51,46-33-31-45(32-34-46)44-18-5-4-6-19-44)47-20-16-22-49(40-47)67-62-29-13-9-25-56(62)57-26-10-14-30-63(57)67/h4-42H,1-3H3. The van der Waals surface area contributed by atoms with Gasteiger partial charge in [0.05, 0.1) is 16.4 Å². The average Bonchev–Trinajstić information content (AvgIpc) is 3.95. The molecule has 67 heavy (non-hydrogen) atoms. The van der Waals surface area contributed by atoms with Gasteiger partial charge in [-0.1, -0.05) is 190 Å². The topological polar surface area (TPSA) is 8.17 Å². The average molecular weight is 857 g/mol. The highest BCUT2D eigenvalue weighted by Gasteiger charge is 2.47. The summed E-state index contributed by atoms with van der Waals surface area (Å²) in [6.45, 7) is 6.93. The van der Waals surface area contributed by atoms with E-state index in [4.69, 9.17) is 0 Å². The molecule has 0 amide bonds. The fourth-order valence-electron chi connectivity index (χ4n) is 11.9. The number of anilines is 3. The minimum absolute atomic E-state index is 0.137. The monoisotopic (exact) mass is 856 g/mol. The molecule has 0 bridgehead atoms. The lowest BCUT2D eigenvalue weighted by atomic mass is 9.67. The van der Waals surface area contributed by atoms with E-state index in [0.717, 1.165) is 22.7 Å². The first kappa shape index (κ1) is 39.2. The van der Waals surface area contributed by atoms with Gasteiger partial charge < -0.3 is 9.47 Å². The van der Waals surface area contributed by atoms with Crippen LogP contribution in [0.25, 0.3) is 60.9 Å². The zero-order valence-corrected chi connectivity index (χ0v) is 37.9. The number of fused-ring (bicyclic) bond motifs is 9. The van der Waals surface area contributed by atoms with Crippen molar-refractivity contribution in [3.63, 3.8) is 0 Å². The molecule has 13 rings (SSSR count). The highest BCUT2D eigenvalue weighted by molar-refractivity contribution is 6.09. The third kappa shape index (κ3) is 5.82. The molecular weight excluding hydrogens is 809 g/mol. The van der Waals surface area contributed by atoms with E-state index in [0.29, 0.717) is 0 Å². The van der Waals surface area contributed by atoms with Gasteiger partial charge in [-0.2, -0.15) is 0 Å². The van der Waals surface area contributed by atoms with Gasteiger partial charge in [-0.05, 0) is 140 Å². The van der Waals surface area contributed by atoms with E-state index in [1.165, 1.54) is 94.1 Å². The van der Waals surface area contributed by atoms with Crippen LogP contribution < -0.4 is 4.90 Å². The molecule has 0 radical (unpaired) electrons. The molecule has 0 saturated heterocycles. The summed E-state index contributed by atoms with van der Waals surface area (Å²) in [6, 6.07) is 88.4. The van der Waals surface area contributed by atoms with Crippen molar-refractivity contribution in [2.75, 3.05) is 4.90 Å². The lowest BCUT2D eigenvalue weighted by Gasteiger charge is -2.35. The van der Waals surface area contributed by atoms with E-state index < -0.39 is 5.41 Å². The van der Waals surface area contributed by atoms with Crippen LogP contribution in [0.4, 0.5) is 17.1 Å². The Morgan fingerprint density at radius 2 is 0.896 bits per heavy atom. The summed E-state index contributed by atoms with van der Waals surface area (Å²) < 4.78 is 2.45. The predicted molar refractivity (Wildman–Crippen MR) is 281 cm³/mol. The Bertz CT molecular complexity index is 3690. The number of hydrogen-bond donors (Lipinski definition) is 0.